The topological polar surface area (TPSA) is 63.7 Å². The largest absolute Gasteiger partial charge is 0.497 e. The fourth-order valence-corrected chi connectivity index (χ4v) is 7.04. The lowest BCUT2D eigenvalue weighted by atomic mass is 9.64. The van der Waals surface area contributed by atoms with Crippen LogP contribution < -0.4 is 9.64 Å². The summed E-state index contributed by atoms with van der Waals surface area (Å²) >= 11 is 0. The molecule has 2 heterocycles. The van der Waals surface area contributed by atoms with Crippen molar-refractivity contribution in [2.45, 2.75) is 24.9 Å². The van der Waals surface area contributed by atoms with Gasteiger partial charge in [-0.1, -0.05) is 78.4 Å². The average molecular weight is 544 g/mol. The molecule has 1 spiro atoms. The molecular formula is C35H26FNO4. The summed E-state index contributed by atoms with van der Waals surface area (Å²) < 4.78 is 19.8. The van der Waals surface area contributed by atoms with Crippen molar-refractivity contribution >= 4 is 29.1 Å². The van der Waals surface area contributed by atoms with Crippen molar-refractivity contribution in [3.63, 3.8) is 0 Å². The number of methoxy groups -OCH3 is 1. The van der Waals surface area contributed by atoms with Crippen LogP contribution in [0.2, 0.25) is 0 Å². The summed E-state index contributed by atoms with van der Waals surface area (Å²) in [6.45, 7) is 1.96. The second-order valence-corrected chi connectivity index (χ2v) is 10.9. The van der Waals surface area contributed by atoms with Gasteiger partial charge >= 0.3 is 0 Å². The zero-order chi connectivity index (χ0) is 28.5. The van der Waals surface area contributed by atoms with E-state index in [1.165, 1.54) is 19.2 Å². The Labute approximate surface area is 236 Å². The number of benzene rings is 4. The van der Waals surface area contributed by atoms with Crippen molar-refractivity contribution in [1.82, 2.24) is 0 Å². The van der Waals surface area contributed by atoms with Gasteiger partial charge in [-0.05, 0) is 42.8 Å². The van der Waals surface area contributed by atoms with Crippen LogP contribution in [0.4, 0.5) is 10.1 Å². The summed E-state index contributed by atoms with van der Waals surface area (Å²) in [6, 6.07) is 24.2. The van der Waals surface area contributed by atoms with Crippen LogP contribution in [0.1, 0.15) is 53.7 Å². The molecule has 0 saturated carbocycles. The van der Waals surface area contributed by atoms with E-state index in [4.69, 9.17) is 4.74 Å². The minimum Gasteiger partial charge on any atom is -0.497 e. The van der Waals surface area contributed by atoms with Crippen LogP contribution in [0.15, 0.2) is 97.1 Å². The van der Waals surface area contributed by atoms with Gasteiger partial charge in [0, 0.05) is 33.9 Å². The Kier molecular flexibility index (Phi) is 5.58. The first kappa shape index (κ1) is 25.1. The molecule has 3 unspecified atom stereocenters. The lowest BCUT2D eigenvalue weighted by Gasteiger charge is -2.37. The molecule has 0 radical (unpaired) electrons. The van der Waals surface area contributed by atoms with E-state index >= 15 is 0 Å². The van der Waals surface area contributed by atoms with Crippen molar-refractivity contribution in [2.24, 2.45) is 5.41 Å². The predicted octanol–water partition coefficient (Wildman–Crippen LogP) is 6.46. The predicted molar refractivity (Wildman–Crippen MR) is 154 cm³/mol. The Morgan fingerprint density at radius 3 is 2.27 bits per heavy atom. The number of aryl methyl sites for hydroxylation is 1. The first-order chi connectivity index (χ1) is 19.9. The summed E-state index contributed by atoms with van der Waals surface area (Å²) in [6.07, 6.45) is 3.55. The van der Waals surface area contributed by atoms with Crippen LogP contribution in [0, 0.1) is 18.2 Å². The monoisotopic (exact) mass is 543 g/mol. The molecule has 0 bridgehead atoms. The van der Waals surface area contributed by atoms with Crippen LogP contribution in [0.3, 0.4) is 0 Å². The maximum atomic E-state index is 14.7. The lowest BCUT2D eigenvalue weighted by Crippen LogP contribution is -2.48. The highest BCUT2D eigenvalue weighted by molar-refractivity contribution is 6.32. The molecule has 1 saturated heterocycles. The van der Waals surface area contributed by atoms with E-state index in [-0.39, 0.29) is 17.3 Å². The third-order valence-electron chi connectivity index (χ3n) is 8.83. The van der Waals surface area contributed by atoms with E-state index in [0.29, 0.717) is 33.7 Å². The van der Waals surface area contributed by atoms with Crippen molar-refractivity contribution in [3.8, 4) is 5.75 Å². The van der Waals surface area contributed by atoms with Crippen LogP contribution in [-0.2, 0) is 0 Å². The van der Waals surface area contributed by atoms with E-state index < -0.39 is 29.2 Å². The number of anilines is 1. The molecule has 4 aromatic rings. The van der Waals surface area contributed by atoms with Gasteiger partial charge in [0.25, 0.3) is 0 Å². The Bertz CT molecular complexity index is 1760. The fraction of sp³-hybridized carbons (Fsp3) is 0.171. The van der Waals surface area contributed by atoms with E-state index in [0.717, 1.165) is 11.1 Å². The molecule has 1 fully saturated rings. The number of ketones is 3. The summed E-state index contributed by atoms with van der Waals surface area (Å²) in [4.78, 5) is 45.9. The molecule has 202 valence electrons. The van der Waals surface area contributed by atoms with Gasteiger partial charge in [0.1, 0.15) is 23.0 Å². The maximum absolute atomic E-state index is 14.7. The summed E-state index contributed by atoms with van der Waals surface area (Å²) in [5, 5.41) is 0. The molecule has 41 heavy (non-hydrogen) atoms. The Morgan fingerprint density at radius 1 is 0.878 bits per heavy atom. The fourth-order valence-electron chi connectivity index (χ4n) is 7.04. The van der Waals surface area contributed by atoms with E-state index in [1.54, 1.807) is 66.7 Å². The Hall–Kier alpha value is -4.84. The van der Waals surface area contributed by atoms with Crippen LogP contribution in [0.25, 0.3) is 6.08 Å². The Balaban J connectivity index is 1.54. The summed E-state index contributed by atoms with van der Waals surface area (Å²) in [7, 11) is 1.53. The van der Waals surface area contributed by atoms with Gasteiger partial charge in [-0.2, -0.15) is 0 Å². The zero-order valence-electron chi connectivity index (χ0n) is 22.5. The standard InChI is InChI=1S/C35H26FNO4/c1-20-10-12-21(13-11-20)30-31(32(38)23-6-5-7-25(19-23)41-2)37-28-16-15-24(36)18-22(28)14-17-29(37)35(30)33(39)26-8-3-4-9-27(26)34(35)40/h3-19,29-31H,1-2H3. The van der Waals surface area contributed by atoms with E-state index in [1.807, 2.05) is 36.1 Å². The maximum Gasteiger partial charge on any atom is 0.186 e. The normalized spacial score (nSPS) is 21.5. The van der Waals surface area contributed by atoms with Gasteiger partial charge in [-0.3, -0.25) is 14.4 Å². The summed E-state index contributed by atoms with van der Waals surface area (Å²) in [5.41, 5.74) is 2.45. The highest BCUT2D eigenvalue weighted by Crippen LogP contribution is 2.61. The molecule has 0 amide bonds. The van der Waals surface area contributed by atoms with Crippen molar-refractivity contribution in [1.29, 1.82) is 0 Å². The highest BCUT2D eigenvalue weighted by Gasteiger charge is 2.71. The minimum absolute atomic E-state index is 0.251. The summed E-state index contributed by atoms with van der Waals surface area (Å²) in [5.74, 6) is -1.55. The zero-order valence-corrected chi connectivity index (χ0v) is 22.5. The van der Waals surface area contributed by atoms with Gasteiger partial charge in [0.2, 0.25) is 0 Å². The SMILES string of the molecule is COc1cccc(C(=O)C2C(c3ccc(C)cc3)C3(C(=O)c4ccccc4C3=O)C3C=Cc4cc(F)ccc4N23)c1. The van der Waals surface area contributed by atoms with Gasteiger partial charge in [-0.15, -0.1) is 0 Å². The van der Waals surface area contributed by atoms with Gasteiger partial charge < -0.3 is 9.64 Å². The van der Waals surface area contributed by atoms with Crippen LogP contribution >= 0.6 is 0 Å². The van der Waals surface area contributed by atoms with E-state index in [2.05, 4.69) is 0 Å². The number of hydrogen-bond donors (Lipinski definition) is 0. The molecule has 3 aliphatic rings. The number of hydrogen-bond acceptors (Lipinski definition) is 5. The van der Waals surface area contributed by atoms with Crippen molar-refractivity contribution < 1.29 is 23.5 Å². The Morgan fingerprint density at radius 2 is 1.59 bits per heavy atom. The van der Waals surface area contributed by atoms with Gasteiger partial charge in [0.05, 0.1) is 13.2 Å². The van der Waals surface area contributed by atoms with E-state index in [9.17, 15) is 18.8 Å². The quantitative estimate of drug-likeness (QED) is 0.218. The molecule has 6 heteroatoms. The second-order valence-electron chi connectivity index (χ2n) is 10.9. The molecule has 5 nitrogen and oxygen atoms in total. The molecule has 0 N–H and O–H groups in total. The average Bonchev–Trinajstić information content (AvgIpc) is 3.43. The van der Waals surface area contributed by atoms with Crippen LogP contribution in [-0.4, -0.2) is 36.5 Å². The molecule has 0 aromatic heterocycles. The van der Waals surface area contributed by atoms with Gasteiger partial charge in [-0.25, -0.2) is 4.39 Å². The molecule has 4 aromatic carbocycles. The third kappa shape index (κ3) is 3.43. The van der Waals surface area contributed by atoms with Crippen LogP contribution in [0.5, 0.6) is 5.75 Å². The number of fused-ring (bicyclic) bond motifs is 5. The number of nitrogens with zero attached hydrogens (tertiary/aromatic N) is 1. The number of ether oxygens (including phenoxy) is 1. The lowest BCUT2D eigenvalue weighted by molar-refractivity contribution is 0.0666. The molecule has 1 aliphatic carbocycles. The first-order valence-corrected chi connectivity index (χ1v) is 13.6. The number of halogens is 1. The van der Waals surface area contributed by atoms with Crippen molar-refractivity contribution in [3.05, 3.63) is 136 Å². The van der Waals surface area contributed by atoms with Gasteiger partial charge in [0.15, 0.2) is 17.3 Å². The number of Topliss-reactive ketones (excluding diaryl/α,β-unsaturated/α-hetero) is 3. The molecule has 7 rings (SSSR count). The second kappa shape index (κ2) is 9.10. The smallest absolute Gasteiger partial charge is 0.186 e. The molecular weight excluding hydrogens is 517 g/mol. The molecule has 3 atom stereocenters. The first-order valence-electron chi connectivity index (χ1n) is 13.6. The third-order valence-corrected chi connectivity index (χ3v) is 8.83. The van der Waals surface area contributed by atoms with Crippen molar-refractivity contribution in [2.75, 3.05) is 12.0 Å². The number of carbonyl (C=O) groups excluding carboxylic acids is 3. The minimum atomic E-state index is -1.60. The number of rotatable bonds is 4. The molecule has 2 aliphatic heterocycles. The highest BCUT2D eigenvalue weighted by atomic mass is 19.1. The number of carbonyl (C=O) groups is 3.